The maximum atomic E-state index is 12.8. The first-order chi connectivity index (χ1) is 14.8. The van der Waals surface area contributed by atoms with E-state index in [1.807, 2.05) is 31.2 Å². The van der Waals surface area contributed by atoms with Gasteiger partial charge in [-0.05, 0) is 54.4 Å². The molecule has 162 valence electrons. The van der Waals surface area contributed by atoms with Gasteiger partial charge in [0.25, 0.3) is 15.9 Å². The Morgan fingerprint density at radius 3 is 2.29 bits per heavy atom. The monoisotopic (exact) mass is 458 g/mol. The van der Waals surface area contributed by atoms with Crippen molar-refractivity contribution in [2.75, 3.05) is 11.8 Å². The van der Waals surface area contributed by atoms with Gasteiger partial charge in [0.05, 0.1) is 34.3 Å². The van der Waals surface area contributed by atoms with Crippen molar-refractivity contribution in [3.63, 3.8) is 0 Å². The van der Waals surface area contributed by atoms with E-state index in [9.17, 15) is 13.2 Å². The van der Waals surface area contributed by atoms with Crippen LogP contribution in [0.4, 0.5) is 5.69 Å². The molecule has 1 amide bonds. The summed E-state index contributed by atoms with van der Waals surface area (Å²) in [5.41, 5.74) is 1.48. The van der Waals surface area contributed by atoms with Crippen LogP contribution in [-0.4, -0.2) is 21.4 Å². The highest BCUT2D eigenvalue weighted by Gasteiger charge is 2.18. The number of hydrogen-bond acceptors (Lipinski definition) is 4. The van der Waals surface area contributed by atoms with Crippen LogP contribution in [0.25, 0.3) is 0 Å². The number of amides is 1. The average molecular weight is 459 g/mol. The highest BCUT2D eigenvalue weighted by molar-refractivity contribution is 7.92. The van der Waals surface area contributed by atoms with Crippen LogP contribution >= 0.6 is 11.6 Å². The molecular weight excluding hydrogens is 436 g/mol. The van der Waals surface area contributed by atoms with Crippen molar-refractivity contribution in [1.29, 1.82) is 0 Å². The Hall–Kier alpha value is -3.03. The largest absolute Gasteiger partial charge is 0.497 e. The van der Waals surface area contributed by atoms with Gasteiger partial charge in [-0.15, -0.1) is 0 Å². The van der Waals surface area contributed by atoms with Crippen LogP contribution in [0.1, 0.15) is 35.3 Å². The molecule has 0 aromatic heterocycles. The Kier molecular flexibility index (Phi) is 7.20. The second kappa shape index (κ2) is 9.85. The zero-order valence-corrected chi connectivity index (χ0v) is 18.7. The molecule has 6 nitrogen and oxygen atoms in total. The van der Waals surface area contributed by atoms with E-state index in [1.54, 1.807) is 25.3 Å². The Balaban J connectivity index is 1.74. The molecule has 0 saturated carbocycles. The fraction of sp³-hybridized carbons (Fsp3) is 0.174. The van der Waals surface area contributed by atoms with E-state index in [0.717, 1.165) is 11.3 Å². The molecule has 0 heterocycles. The fourth-order valence-corrected chi connectivity index (χ4v) is 4.41. The summed E-state index contributed by atoms with van der Waals surface area (Å²) in [4.78, 5) is 12.9. The van der Waals surface area contributed by atoms with E-state index in [0.29, 0.717) is 6.42 Å². The number of carbonyl (C=O) groups excluding carboxylic acids is 1. The molecule has 0 radical (unpaired) electrons. The molecule has 2 N–H and O–H groups in total. The van der Waals surface area contributed by atoms with Gasteiger partial charge in [0.1, 0.15) is 5.75 Å². The molecule has 0 spiro atoms. The zero-order valence-electron chi connectivity index (χ0n) is 17.1. The van der Waals surface area contributed by atoms with E-state index >= 15 is 0 Å². The van der Waals surface area contributed by atoms with E-state index in [1.165, 1.54) is 30.3 Å². The van der Waals surface area contributed by atoms with E-state index in [-0.39, 0.29) is 33.1 Å². The zero-order chi connectivity index (χ0) is 22.4. The quantitative estimate of drug-likeness (QED) is 0.495. The van der Waals surface area contributed by atoms with Gasteiger partial charge < -0.3 is 10.1 Å². The molecule has 0 aliphatic rings. The predicted molar refractivity (Wildman–Crippen MR) is 122 cm³/mol. The number of carbonyl (C=O) groups is 1. The van der Waals surface area contributed by atoms with Gasteiger partial charge in [-0.3, -0.25) is 9.52 Å². The smallest absolute Gasteiger partial charge is 0.261 e. The molecule has 0 aliphatic carbocycles. The summed E-state index contributed by atoms with van der Waals surface area (Å²) < 4.78 is 32.6. The van der Waals surface area contributed by atoms with E-state index < -0.39 is 10.0 Å². The second-order valence-electron chi connectivity index (χ2n) is 6.82. The Bertz CT molecular complexity index is 1150. The third-order valence-corrected chi connectivity index (χ3v) is 6.46. The van der Waals surface area contributed by atoms with Crippen molar-refractivity contribution in [3.8, 4) is 5.75 Å². The van der Waals surface area contributed by atoms with Crippen molar-refractivity contribution in [2.45, 2.75) is 24.3 Å². The molecule has 8 heteroatoms. The number of anilines is 1. The summed E-state index contributed by atoms with van der Waals surface area (Å²) in [5.74, 6) is 0.395. The number of methoxy groups -OCH3 is 1. The van der Waals surface area contributed by atoms with Gasteiger partial charge in [-0.25, -0.2) is 8.42 Å². The number of hydrogen-bond donors (Lipinski definition) is 2. The van der Waals surface area contributed by atoms with Crippen molar-refractivity contribution in [1.82, 2.24) is 5.32 Å². The van der Waals surface area contributed by atoms with Crippen LogP contribution < -0.4 is 14.8 Å². The molecule has 0 fully saturated rings. The van der Waals surface area contributed by atoms with Gasteiger partial charge in [0.2, 0.25) is 0 Å². The topological polar surface area (TPSA) is 84.5 Å². The lowest BCUT2D eigenvalue weighted by atomic mass is 10.0. The summed E-state index contributed by atoms with van der Waals surface area (Å²) in [7, 11) is -2.15. The fourth-order valence-electron chi connectivity index (χ4n) is 3.07. The van der Waals surface area contributed by atoms with Gasteiger partial charge in [-0.2, -0.15) is 0 Å². The Morgan fingerprint density at radius 1 is 1.03 bits per heavy atom. The highest BCUT2D eigenvalue weighted by atomic mass is 35.5. The van der Waals surface area contributed by atoms with Crippen molar-refractivity contribution >= 4 is 33.2 Å². The van der Waals surface area contributed by atoms with Gasteiger partial charge in [-0.1, -0.05) is 48.9 Å². The summed E-state index contributed by atoms with van der Waals surface area (Å²) in [5, 5.41) is 3.12. The molecule has 3 aromatic carbocycles. The minimum absolute atomic E-state index is 0.137. The van der Waals surface area contributed by atoms with Gasteiger partial charge >= 0.3 is 0 Å². The van der Waals surface area contributed by atoms with Gasteiger partial charge in [0, 0.05) is 0 Å². The number of halogens is 1. The summed E-state index contributed by atoms with van der Waals surface area (Å²) >= 11 is 6.30. The molecule has 0 aliphatic heterocycles. The molecule has 3 aromatic rings. The lowest BCUT2D eigenvalue weighted by Gasteiger charge is -2.18. The van der Waals surface area contributed by atoms with Crippen LogP contribution in [0.15, 0.2) is 77.7 Å². The SMILES string of the molecule is CC[C@@H](NC(=O)c1ccc(NS(=O)(=O)c2ccccc2)cc1Cl)c1ccc(OC)cc1. The van der Waals surface area contributed by atoms with Crippen LogP contribution in [0.2, 0.25) is 5.02 Å². The maximum Gasteiger partial charge on any atom is 0.261 e. The Labute approximate surface area is 187 Å². The second-order valence-corrected chi connectivity index (χ2v) is 8.91. The predicted octanol–water partition coefficient (Wildman–Crippen LogP) is 5.03. The minimum atomic E-state index is -3.75. The number of ether oxygens (including phenoxy) is 1. The maximum absolute atomic E-state index is 12.8. The number of benzene rings is 3. The number of rotatable bonds is 8. The molecule has 0 saturated heterocycles. The lowest BCUT2D eigenvalue weighted by Crippen LogP contribution is -2.28. The number of sulfonamides is 1. The minimum Gasteiger partial charge on any atom is -0.497 e. The van der Waals surface area contributed by atoms with Crippen molar-refractivity contribution < 1.29 is 17.9 Å². The first kappa shape index (κ1) is 22.7. The van der Waals surface area contributed by atoms with Crippen LogP contribution in [0, 0.1) is 0 Å². The summed E-state index contributed by atoms with van der Waals surface area (Å²) in [6.07, 6.45) is 0.685. The molecule has 0 unspecified atom stereocenters. The normalized spacial score (nSPS) is 12.1. The molecule has 1 atom stereocenters. The molecular formula is C23H23ClN2O4S. The number of nitrogens with one attached hydrogen (secondary N) is 2. The van der Waals surface area contributed by atoms with Crippen LogP contribution in [0.3, 0.4) is 0 Å². The highest BCUT2D eigenvalue weighted by Crippen LogP contribution is 2.25. The third-order valence-electron chi connectivity index (χ3n) is 4.75. The molecule has 3 rings (SSSR count). The van der Waals surface area contributed by atoms with Crippen LogP contribution in [-0.2, 0) is 10.0 Å². The first-order valence-electron chi connectivity index (χ1n) is 9.66. The average Bonchev–Trinajstić information content (AvgIpc) is 2.78. The standard InChI is InChI=1S/C23H23ClN2O4S/c1-3-22(16-9-12-18(30-2)13-10-16)25-23(27)20-14-11-17(15-21(20)24)26-31(28,29)19-7-5-4-6-8-19/h4-15,22,26H,3H2,1-2H3,(H,25,27)/t22-/m1/s1. The molecule has 31 heavy (non-hydrogen) atoms. The Morgan fingerprint density at radius 2 is 1.71 bits per heavy atom. The van der Waals surface area contributed by atoms with Crippen molar-refractivity contribution in [2.24, 2.45) is 0 Å². The molecule has 0 bridgehead atoms. The van der Waals surface area contributed by atoms with E-state index in [2.05, 4.69) is 10.0 Å². The first-order valence-corrected chi connectivity index (χ1v) is 11.5. The van der Waals surface area contributed by atoms with Crippen molar-refractivity contribution in [3.05, 3.63) is 88.9 Å². The lowest BCUT2D eigenvalue weighted by molar-refractivity contribution is 0.0935. The van der Waals surface area contributed by atoms with Crippen LogP contribution in [0.5, 0.6) is 5.75 Å². The summed E-state index contributed by atoms with van der Waals surface area (Å²) in [6, 6.07) is 19.7. The summed E-state index contributed by atoms with van der Waals surface area (Å²) in [6.45, 7) is 1.97. The third kappa shape index (κ3) is 5.57. The van der Waals surface area contributed by atoms with Gasteiger partial charge in [0.15, 0.2) is 0 Å². The van der Waals surface area contributed by atoms with E-state index in [4.69, 9.17) is 16.3 Å².